The standard InChI is InChI=1S/C12H6BrF3N2O/c13-10-3-1-2-9(17-10)12(19)18-11-7(15)4-6(14)5-8(11)16/h1-5H,(H,18,19). The summed E-state index contributed by atoms with van der Waals surface area (Å²) in [7, 11) is 0. The Labute approximate surface area is 114 Å². The summed E-state index contributed by atoms with van der Waals surface area (Å²) >= 11 is 3.07. The minimum Gasteiger partial charge on any atom is -0.316 e. The van der Waals surface area contributed by atoms with Crippen molar-refractivity contribution in [2.24, 2.45) is 0 Å². The van der Waals surface area contributed by atoms with Crippen LogP contribution in [0.3, 0.4) is 0 Å². The number of carbonyl (C=O) groups is 1. The van der Waals surface area contributed by atoms with Gasteiger partial charge in [0.05, 0.1) is 0 Å². The number of aromatic nitrogens is 1. The van der Waals surface area contributed by atoms with E-state index in [-0.39, 0.29) is 5.69 Å². The lowest BCUT2D eigenvalue weighted by Crippen LogP contribution is -2.16. The van der Waals surface area contributed by atoms with E-state index in [1.807, 2.05) is 5.32 Å². The van der Waals surface area contributed by atoms with Gasteiger partial charge in [0, 0.05) is 12.1 Å². The number of halogens is 4. The molecule has 1 aromatic heterocycles. The number of hydrogen-bond donors (Lipinski definition) is 1. The number of pyridine rings is 1. The SMILES string of the molecule is O=C(Nc1c(F)cc(F)cc1F)c1cccc(Br)n1. The monoisotopic (exact) mass is 330 g/mol. The molecule has 0 unspecified atom stereocenters. The van der Waals surface area contributed by atoms with E-state index in [0.29, 0.717) is 16.7 Å². The van der Waals surface area contributed by atoms with Crippen LogP contribution >= 0.6 is 15.9 Å². The van der Waals surface area contributed by atoms with Crippen LogP contribution in [0.1, 0.15) is 10.5 Å². The van der Waals surface area contributed by atoms with E-state index in [0.717, 1.165) is 0 Å². The molecule has 0 spiro atoms. The number of rotatable bonds is 2. The van der Waals surface area contributed by atoms with Crippen LogP contribution in [-0.2, 0) is 0 Å². The maximum absolute atomic E-state index is 13.3. The highest BCUT2D eigenvalue weighted by atomic mass is 79.9. The molecule has 0 saturated heterocycles. The Morgan fingerprint density at radius 1 is 1.16 bits per heavy atom. The summed E-state index contributed by atoms with van der Waals surface area (Å²) in [4.78, 5) is 15.6. The van der Waals surface area contributed by atoms with E-state index in [4.69, 9.17) is 0 Å². The van der Waals surface area contributed by atoms with Gasteiger partial charge in [-0.15, -0.1) is 0 Å². The van der Waals surface area contributed by atoms with Crippen molar-refractivity contribution in [3.63, 3.8) is 0 Å². The third-order valence-corrected chi connectivity index (χ3v) is 2.63. The molecule has 1 N–H and O–H groups in total. The van der Waals surface area contributed by atoms with Crippen LogP contribution < -0.4 is 5.32 Å². The lowest BCUT2D eigenvalue weighted by molar-refractivity contribution is 0.102. The maximum atomic E-state index is 13.3. The van der Waals surface area contributed by atoms with Gasteiger partial charge in [-0.05, 0) is 28.1 Å². The van der Waals surface area contributed by atoms with E-state index >= 15 is 0 Å². The van der Waals surface area contributed by atoms with Gasteiger partial charge in [-0.1, -0.05) is 6.07 Å². The summed E-state index contributed by atoms with van der Waals surface area (Å²) in [5, 5.41) is 2.01. The lowest BCUT2D eigenvalue weighted by Gasteiger charge is -2.07. The van der Waals surface area contributed by atoms with Gasteiger partial charge in [0.15, 0.2) is 11.6 Å². The highest BCUT2D eigenvalue weighted by Gasteiger charge is 2.16. The molecule has 0 radical (unpaired) electrons. The van der Waals surface area contributed by atoms with Gasteiger partial charge in [-0.2, -0.15) is 0 Å². The molecule has 98 valence electrons. The number of anilines is 1. The van der Waals surface area contributed by atoms with Crippen molar-refractivity contribution in [1.29, 1.82) is 0 Å². The molecule has 0 aliphatic heterocycles. The van der Waals surface area contributed by atoms with Crippen molar-refractivity contribution in [3.05, 3.63) is 58.1 Å². The molecule has 0 aliphatic rings. The van der Waals surface area contributed by atoms with E-state index in [1.54, 1.807) is 12.1 Å². The average molecular weight is 331 g/mol. The molecule has 2 aromatic rings. The summed E-state index contributed by atoms with van der Waals surface area (Å²) in [6, 6.07) is 5.47. The Bertz CT molecular complexity index is 626. The second-order valence-electron chi connectivity index (χ2n) is 3.54. The zero-order valence-corrected chi connectivity index (χ0v) is 10.8. The first-order valence-electron chi connectivity index (χ1n) is 5.06. The molecular weight excluding hydrogens is 325 g/mol. The van der Waals surface area contributed by atoms with Gasteiger partial charge in [-0.3, -0.25) is 4.79 Å². The number of benzene rings is 1. The summed E-state index contributed by atoms with van der Waals surface area (Å²) in [5.74, 6) is -4.25. The van der Waals surface area contributed by atoms with Crippen molar-refractivity contribution >= 4 is 27.5 Å². The van der Waals surface area contributed by atoms with E-state index in [1.165, 1.54) is 6.07 Å². The first-order chi connectivity index (χ1) is 8.97. The largest absolute Gasteiger partial charge is 0.316 e. The van der Waals surface area contributed by atoms with Crippen LogP contribution in [0.4, 0.5) is 18.9 Å². The van der Waals surface area contributed by atoms with E-state index < -0.39 is 29.0 Å². The Kier molecular flexibility index (Phi) is 3.84. The molecule has 2 rings (SSSR count). The topological polar surface area (TPSA) is 42.0 Å². The Hall–Kier alpha value is -1.89. The molecular formula is C12H6BrF3N2O. The number of nitrogens with one attached hydrogen (secondary N) is 1. The zero-order chi connectivity index (χ0) is 14.0. The third-order valence-electron chi connectivity index (χ3n) is 2.19. The predicted molar refractivity (Wildman–Crippen MR) is 66.2 cm³/mol. The molecule has 0 saturated carbocycles. The molecule has 19 heavy (non-hydrogen) atoms. The summed E-state index contributed by atoms with van der Waals surface area (Å²) in [6.45, 7) is 0. The summed E-state index contributed by atoms with van der Waals surface area (Å²) < 4.78 is 39.8. The number of amides is 1. The van der Waals surface area contributed by atoms with Gasteiger partial charge >= 0.3 is 0 Å². The molecule has 1 aromatic carbocycles. The van der Waals surface area contributed by atoms with E-state index in [2.05, 4.69) is 20.9 Å². The maximum Gasteiger partial charge on any atom is 0.274 e. The van der Waals surface area contributed by atoms with Crippen LogP contribution in [-0.4, -0.2) is 10.9 Å². The van der Waals surface area contributed by atoms with Crippen molar-refractivity contribution in [1.82, 2.24) is 4.98 Å². The van der Waals surface area contributed by atoms with Crippen LogP contribution in [0, 0.1) is 17.5 Å². The first kappa shape index (κ1) is 13.5. The highest BCUT2D eigenvalue weighted by Crippen LogP contribution is 2.20. The fraction of sp³-hybridized carbons (Fsp3) is 0. The van der Waals surface area contributed by atoms with Gasteiger partial charge < -0.3 is 5.32 Å². The number of hydrogen-bond acceptors (Lipinski definition) is 2. The molecule has 0 fully saturated rings. The lowest BCUT2D eigenvalue weighted by atomic mass is 10.2. The minimum absolute atomic E-state index is 0.0301. The second kappa shape index (κ2) is 5.40. The quantitative estimate of drug-likeness (QED) is 0.856. The van der Waals surface area contributed by atoms with Gasteiger partial charge in [0.1, 0.15) is 21.8 Å². The second-order valence-corrected chi connectivity index (χ2v) is 4.36. The van der Waals surface area contributed by atoms with Gasteiger partial charge in [0.25, 0.3) is 5.91 Å². The van der Waals surface area contributed by atoms with Crippen molar-refractivity contribution in [2.75, 3.05) is 5.32 Å². The smallest absolute Gasteiger partial charge is 0.274 e. The van der Waals surface area contributed by atoms with Crippen LogP contribution in [0.2, 0.25) is 0 Å². The van der Waals surface area contributed by atoms with Crippen LogP contribution in [0.15, 0.2) is 34.9 Å². The molecule has 0 aliphatic carbocycles. The van der Waals surface area contributed by atoms with E-state index in [9.17, 15) is 18.0 Å². The molecule has 1 heterocycles. The zero-order valence-electron chi connectivity index (χ0n) is 9.25. The number of nitrogens with zero attached hydrogens (tertiary/aromatic N) is 1. The highest BCUT2D eigenvalue weighted by molar-refractivity contribution is 9.10. The normalized spacial score (nSPS) is 10.3. The molecule has 0 atom stereocenters. The fourth-order valence-corrected chi connectivity index (χ4v) is 1.72. The average Bonchev–Trinajstić information content (AvgIpc) is 2.33. The molecule has 3 nitrogen and oxygen atoms in total. The van der Waals surface area contributed by atoms with Crippen molar-refractivity contribution in [2.45, 2.75) is 0 Å². The van der Waals surface area contributed by atoms with Crippen LogP contribution in [0.5, 0.6) is 0 Å². The van der Waals surface area contributed by atoms with Gasteiger partial charge in [0.2, 0.25) is 0 Å². The molecule has 0 bridgehead atoms. The first-order valence-corrected chi connectivity index (χ1v) is 5.85. The Balaban J connectivity index is 2.29. The van der Waals surface area contributed by atoms with Gasteiger partial charge in [-0.25, -0.2) is 18.2 Å². The third kappa shape index (κ3) is 3.11. The van der Waals surface area contributed by atoms with Crippen molar-refractivity contribution < 1.29 is 18.0 Å². The summed E-state index contributed by atoms with van der Waals surface area (Å²) in [6.07, 6.45) is 0. The fourth-order valence-electron chi connectivity index (χ4n) is 1.37. The Morgan fingerprint density at radius 2 is 1.79 bits per heavy atom. The Morgan fingerprint density at radius 3 is 2.37 bits per heavy atom. The number of carbonyl (C=O) groups excluding carboxylic acids is 1. The van der Waals surface area contributed by atoms with Crippen LogP contribution in [0.25, 0.3) is 0 Å². The predicted octanol–water partition coefficient (Wildman–Crippen LogP) is 3.51. The molecule has 1 amide bonds. The summed E-state index contributed by atoms with van der Waals surface area (Å²) in [5.41, 5.74) is -0.745. The molecule has 7 heteroatoms. The minimum atomic E-state index is -1.19. The van der Waals surface area contributed by atoms with Crippen molar-refractivity contribution in [3.8, 4) is 0 Å².